The van der Waals surface area contributed by atoms with Crippen molar-refractivity contribution in [3.8, 4) is 168 Å². The number of hydrogen-bond donors (Lipinski definition) is 0. The van der Waals surface area contributed by atoms with E-state index in [-0.39, 0.29) is 0 Å². The molecule has 16 aromatic carbocycles. The molecule has 2 aliphatic carbocycles. The van der Waals surface area contributed by atoms with E-state index in [0.29, 0.717) is 17.5 Å². The summed E-state index contributed by atoms with van der Waals surface area (Å²) >= 11 is 0. The quantitative estimate of drug-likeness (QED) is 0.115. The Kier molecular flexibility index (Phi) is 15.1. The lowest BCUT2D eigenvalue weighted by molar-refractivity contribution is 0.794. The van der Waals surface area contributed by atoms with Crippen molar-refractivity contribution in [2.75, 3.05) is 0 Å². The lowest BCUT2D eigenvalue weighted by Gasteiger charge is -2.30. The summed E-state index contributed by atoms with van der Waals surface area (Å²) in [5, 5.41) is 0. The van der Waals surface area contributed by atoms with Crippen molar-refractivity contribution in [3.63, 3.8) is 0 Å². The third-order valence-electron chi connectivity index (χ3n) is 20.9. The molecule has 19 rings (SSSR count). The van der Waals surface area contributed by atoms with Crippen LogP contribution in [0.1, 0.15) is 22.3 Å². The standard InChI is InChI=1S/C100H65N3/c1-3-22-66(23-4-1)70-26-13-28-72(56-70)68-50-52-69(53-51-68)97-101-98(87-42-20-40-84(63-87)73-29-14-27-71(57-73)67-24-5-2-6-25-67)103-99(102-97)88-43-21-41-85(64-88)82-38-18-36-80(61-82)78-34-16-32-76(59-78)74-30-15-31-75(58-74)77-33-17-35-79(60-77)81-37-19-39-83(62-81)86-54-55-92-91-46-9-12-49-95(91)100(96(92)65-86)93-47-10-7-44-89(93)90-45-8-11-48-94(90)100/h1-65H. The molecule has 1 aromatic heterocycles. The van der Waals surface area contributed by atoms with Crippen LogP contribution in [0.15, 0.2) is 394 Å². The number of nitrogens with zero attached hydrogens (tertiary/aromatic N) is 3. The molecule has 103 heavy (non-hydrogen) atoms. The molecule has 3 nitrogen and oxygen atoms in total. The Balaban J connectivity index is 0.612. The highest BCUT2D eigenvalue weighted by atomic mass is 15.0. The van der Waals surface area contributed by atoms with Gasteiger partial charge in [0.15, 0.2) is 17.5 Å². The summed E-state index contributed by atoms with van der Waals surface area (Å²) in [6.07, 6.45) is 0. The van der Waals surface area contributed by atoms with E-state index in [2.05, 4.69) is 394 Å². The molecule has 0 radical (unpaired) electrons. The van der Waals surface area contributed by atoms with E-state index < -0.39 is 5.41 Å². The van der Waals surface area contributed by atoms with Crippen LogP contribution in [0.25, 0.3) is 168 Å². The van der Waals surface area contributed by atoms with E-state index in [4.69, 9.17) is 15.0 Å². The SMILES string of the molecule is c1ccc(-c2cccc(-c3ccc(-c4nc(-c5cccc(-c6cccc(-c7ccccc7)c6)c5)nc(-c5cccc(-c6cccc(-c7cccc(-c8cccc(-c9cccc(-c%10cccc(-c%11ccc%12c(c%11)C%11(c%13ccccc%13-c%13ccccc%13%11)c%11ccccc%11-%12)c%10)c9)c8)c7)c6)c5)n4)cc3)c2)cc1. The lowest BCUT2D eigenvalue weighted by Crippen LogP contribution is -2.25. The first kappa shape index (κ1) is 60.7. The van der Waals surface area contributed by atoms with Crippen LogP contribution in [-0.4, -0.2) is 15.0 Å². The van der Waals surface area contributed by atoms with Gasteiger partial charge >= 0.3 is 0 Å². The third kappa shape index (κ3) is 11.1. The Morgan fingerprint density at radius 2 is 0.320 bits per heavy atom. The molecule has 0 atom stereocenters. The van der Waals surface area contributed by atoms with Crippen LogP contribution in [0.4, 0.5) is 0 Å². The van der Waals surface area contributed by atoms with Crippen molar-refractivity contribution in [2.24, 2.45) is 0 Å². The van der Waals surface area contributed by atoms with Gasteiger partial charge in [0.2, 0.25) is 0 Å². The van der Waals surface area contributed by atoms with E-state index in [0.717, 1.165) is 83.5 Å². The van der Waals surface area contributed by atoms with Crippen LogP contribution < -0.4 is 0 Å². The van der Waals surface area contributed by atoms with E-state index in [9.17, 15) is 0 Å². The molecule has 0 amide bonds. The van der Waals surface area contributed by atoms with Gasteiger partial charge in [-0.15, -0.1) is 0 Å². The molecule has 3 heteroatoms. The number of aromatic nitrogens is 3. The molecule has 0 saturated carbocycles. The normalized spacial score (nSPS) is 12.2. The van der Waals surface area contributed by atoms with Crippen molar-refractivity contribution in [3.05, 3.63) is 417 Å². The fraction of sp³-hybridized carbons (Fsp3) is 0.0100. The zero-order valence-electron chi connectivity index (χ0n) is 56.4. The minimum absolute atomic E-state index is 0.392. The van der Waals surface area contributed by atoms with Crippen molar-refractivity contribution in [2.45, 2.75) is 5.41 Å². The second-order valence-electron chi connectivity index (χ2n) is 27.0. The number of hydrogen-bond acceptors (Lipinski definition) is 3. The van der Waals surface area contributed by atoms with Gasteiger partial charge in [-0.05, 0) is 216 Å². The predicted molar refractivity (Wildman–Crippen MR) is 427 cm³/mol. The molecule has 0 bridgehead atoms. The van der Waals surface area contributed by atoms with Crippen LogP contribution in [0, 0.1) is 0 Å². The zero-order valence-corrected chi connectivity index (χ0v) is 56.4. The van der Waals surface area contributed by atoms with Gasteiger partial charge in [-0.1, -0.05) is 334 Å². The number of benzene rings is 16. The molecular weight excluding hydrogens is 1240 g/mol. The first-order chi connectivity index (χ1) is 51.0. The zero-order chi connectivity index (χ0) is 68.2. The third-order valence-corrected chi connectivity index (χ3v) is 20.9. The summed E-state index contributed by atoms with van der Waals surface area (Å²) < 4.78 is 0. The number of rotatable bonds is 13. The molecular formula is C100H65N3. The fourth-order valence-corrected chi connectivity index (χ4v) is 15.9. The second-order valence-corrected chi connectivity index (χ2v) is 27.0. The Labute approximate surface area is 600 Å². The maximum absolute atomic E-state index is 5.31. The van der Waals surface area contributed by atoms with Crippen LogP contribution >= 0.6 is 0 Å². The van der Waals surface area contributed by atoms with Crippen molar-refractivity contribution >= 4 is 0 Å². The van der Waals surface area contributed by atoms with E-state index in [1.54, 1.807) is 0 Å². The average molecular weight is 1310 g/mol. The first-order valence-electron chi connectivity index (χ1n) is 35.3. The van der Waals surface area contributed by atoms with Crippen LogP contribution in [0.2, 0.25) is 0 Å². The van der Waals surface area contributed by atoms with Crippen molar-refractivity contribution < 1.29 is 0 Å². The van der Waals surface area contributed by atoms with Gasteiger partial charge in [0.05, 0.1) is 5.41 Å². The van der Waals surface area contributed by atoms with Crippen LogP contribution in [-0.2, 0) is 5.41 Å². The summed E-state index contributed by atoms with van der Waals surface area (Å²) in [7, 11) is 0. The molecule has 1 heterocycles. The predicted octanol–water partition coefficient (Wildman–Crippen LogP) is 25.9. The molecule has 0 fully saturated rings. The fourth-order valence-electron chi connectivity index (χ4n) is 15.9. The van der Waals surface area contributed by atoms with Crippen LogP contribution in [0.3, 0.4) is 0 Å². The molecule has 0 saturated heterocycles. The van der Waals surface area contributed by atoms with Crippen LogP contribution in [0.5, 0.6) is 0 Å². The molecule has 0 N–H and O–H groups in total. The summed E-state index contributed by atoms with van der Waals surface area (Å²) in [6.45, 7) is 0. The Bertz CT molecular complexity index is 6060. The lowest BCUT2D eigenvalue weighted by atomic mass is 9.70. The van der Waals surface area contributed by atoms with Gasteiger partial charge < -0.3 is 0 Å². The maximum atomic E-state index is 5.31. The molecule has 480 valence electrons. The van der Waals surface area contributed by atoms with E-state index in [1.807, 2.05) is 0 Å². The molecule has 0 aliphatic heterocycles. The summed E-state index contributed by atoms with van der Waals surface area (Å²) in [5.74, 6) is 1.80. The minimum atomic E-state index is -0.392. The average Bonchev–Trinajstić information content (AvgIpc) is 1.51. The smallest absolute Gasteiger partial charge is 0.164 e. The van der Waals surface area contributed by atoms with E-state index in [1.165, 1.54) is 89.0 Å². The number of fused-ring (bicyclic) bond motifs is 10. The molecule has 0 unspecified atom stereocenters. The molecule has 1 spiro atoms. The second kappa shape index (κ2) is 25.7. The topological polar surface area (TPSA) is 38.7 Å². The molecule has 17 aromatic rings. The van der Waals surface area contributed by atoms with Crippen molar-refractivity contribution in [1.82, 2.24) is 15.0 Å². The first-order valence-corrected chi connectivity index (χ1v) is 35.3. The summed E-state index contributed by atoms with van der Waals surface area (Å²) in [4.78, 5) is 15.9. The van der Waals surface area contributed by atoms with Gasteiger partial charge in [0.25, 0.3) is 0 Å². The molecule has 2 aliphatic rings. The highest BCUT2D eigenvalue weighted by molar-refractivity contribution is 5.96. The van der Waals surface area contributed by atoms with E-state index >= 15 is 0 Å². The van der Waals surface area contributed by atoms with Gasteiger partial charge in [-0.2, -0.15) is 0 Å². The largest absolute Gasteiger partial charge is 0.208 e. The maximum Gasteiger partial charge on any atom is 0.164 e. The highest BCUT2D eigenvalue weighted by Gasteiger charge is 2.51. The summed E-state index contributed by atoms with van der Waals surface area (Å²) in [5.41, 5.74) is 36.0. The summed E-state index contributed by atoms with van der Waals surface area (Å²) in [6, 6.07) is 143. The van der Waals surface area contributed by atoms with Gasteiger partial charge in [-0.25, -0.2) is 15.0 Å². The monoisotopic (exact) mass is 1310 g/mol. The van der Waals surface area contributed by atoms with Gasteiger partial charge in [-0.3, -0.25) is 0 Å². The highest BCUT2D eigenvalue weighted by Crippen LogP contribution is 2.63. The van der Waals surface area contributed by atoms with Gasteiger partial charge in [0.1, 0.15) is 0 Å². The van der Waals surface area contributed by atoms with Gasteiger partial charge in [0, 0.05) is 16.7 Å². The Hall–Kier alpha value is -13.5. The minimum Gasteiger partial charge on any atom is -0.208 e. The Morgan fingerprint density at radius 3 is 0.631 bits per heavy atom. The Morgan fingerprint density at radius 1 is 0.126 bits per heavy atom. The van der Waals surface area contributed by atoms with Crippen molar-refractivity contribution in [1.29, 1.82) is 0 Å².